The first-order valence-corrected chi connectivity index (χ1v) is 6.76. The number of aryl methyl sites for hydroxylation is 1. The van der Waals surface area contributed by atoms with Gasteiger partial charge < -0.3 is 11.1 Å². The van der Waals surface area contributed by atoms with Crippen molar-refractivity contribution in [1.29, 1.82) is 0 Å². The minimum Gasteiger partial charge on any atom is -0.376 e. The summed E-state index contributed by atoms with van der Waals surface area (Å²) in [6, 6.07) is 10.6. The molecule has 1 heterocycles. The highest BCUT2D eigenvalue weighted by Crippen LogP contribution is 2.39. The third-order valence-electron chi connectivity index (χ3n) is 3.57. The molecule has 0 amide bonds. The standard InChI is InChI=1S/C15H16ClN3/c1-9-6-14(15(16)18-8-9)19-13-7-12(17)10-4-2-3-5-11(10)13/h2-6,8,12-13,19H,7,17H2,1H3. The second-order valence-electron chi connectivity index (χ2n) is 5.02. The molecule has 0 radical (unpaired) electrons. The number of rotatable bonds is 2. The zero-order valence-corrected chi connectivity index (χ0v) is 11.5. The fourth-order valence-electron chi connectivity index (χ4n) is 2.65. The van der Waals surface area contributed by atoms with Gasteiger partial charge in [0.1, 0.15) is 0 Å². The lowest BCUT2D eigenvalue weighted by Crippen LogP contribution is -2.10. The Hall–Kier alpha value is -1.58. The SMILES string of the molecule is Cc1cnc(Cl)c(NC2CC(N)c3ccccc32)c1. The number of nitrogens with one attached hydrogen (secondary N) is 1. The largest absolute Gasteiger partial charge is 0.376 e. The molecule has 2 aromatic rings. The molecular weight excluding hydrogens is 258 g/mol. The lowest BCUT2D eigenvalue weighted by molar-refractivity contribution is 0.648. The van der Waals surface area contributed by atoms with E-state index in [9.17, 15) is 0 Å². The quantitative estimate of drug-likeness (QED) is 0.822. The zero-order chi connectivity index (χ0) is 13.4. The minimum absolute atomic E-state index is 0.0882. The molecule has 3 nitrogen and oxygen atoms in total. The van der Waals surface area contributed by atoms with Gasteiger partial charge in [-0.25, -0.2) is 4.98 Å². The van der Waals surface area contributed by atoms with Crippen LogP contribution in [0.25, 0.3) is 0 Å². The second-order valence-corrected chi connectivity index (χ2v) is 5.38. The van der Waals surface area contributed by atoms with E-state index < -0.39 is 0 Å². The molecule has 19 heavy (non-hydrogen) atoms. The first-order chi connectivity index (χ1) is 9.15. The van der Waals surface area contributed by atoms with Crippen molar-refractivity contribution in [2.45, 2.75) is 25.4 Å². The van der Waals surface area contributed by atoms with Crippen LogP contribution in [0.1, 0.15) is 35.2 Å². The van der Waals surface area contributed by atoms with Crippen molar-refractivity contribution < 1.29 is 0 Å². The Bertz CT molecular complexity index is 612. The summed E-state index contributed by atoms with van der Waals surface area (Å²) in [5.41, 5.74) is 10.6. The van der Waals surface area contributed by atoms with Crippen LogP contribution in [0.15, 0.2) is 36.5 Å². The van der Waals surface area contributed by atoms with Gasteiger partial charge in [0.25, 0.3) is 0 Å². The van der Waals surface area contributed by atoms with Crippen LogP contribution in [0, 0.1) is 6.92 Å². The highest BCUT2D eigenvalue weighted by atomic mass is 35.5. The Labute approximate surface area is 117 Å². The molecule has 0 spiro atoms. The molecule has 4 heteroatoms. The van der Waals surface area contributed by atoms with E-state index in [1.54, 1.807) is 6.20 Å². The summed E-state index contributed by atoms with van der Waals surface area (Å²) in [5, 5.41) is 3.97. The Morgan fingerprint density at radius 3 is 2.84 bits per heavy atom. The number of benzene rings is 1. The molecule has 1 aromatic heterocycles. The lowest BCUT2D eigenvalue weighted by atomic mass is 10.1. The normalized spacial score (nSPS) is 21.2. The van der Waals surface area contributed by atoms with Crippen molar-refractivity contribution in [3.05, 3.63) is 58.4 Å². The molecule has 0 saturated carbocycles. The summed E-state index contributed by atoms with van der Waals surface area (Å²) in [6.45, 7) is 2.00. The molecule has 1 aromatic carbocycles. The molecular formula is C15H16ClN3. The number of halogens is 1. The number of fused-ring (bicyclic) bond motifs is 1. The minimum atomic E-state index is 0.0882. The summed E-state index contributed by atoms with van der Waals surface area (Å²) in [4.78, 5) is 4.17. The van der Waals surface area contributed by atoms with Gasteiger partial charge in [-0.1, -0.05) is 35.9 Å². The van der Waals surface area contributed by atoms with Gasteiger partial charge in [0.2, 0.25) is 0 Å². The van der Waals surface area contributed by atoms with Gasteiger partial charge in [-0.15, -0.1) is 0 Å². The maximum atomic E-state index is 6.17. The summed E-state index contributed by atoms with van der Waals surface area (Å²) in [6.07, 6.45) is 2.64. The van der Waals surface area contributed by atoms with Crippen molar-refractivity contribution in [2.75, 3.05) is 5.32 Å². The topological polar surface area (TPSA) is 50.9 Å². The summed E-state index contributed by atoms with van der Waals surface area (Å²) in [5.74, 6) is 0. The van der Waals surface area contributed by atoms with Gasteiger partial charge in [-0.3, -0.25) is 0 Å². The van der Waals surface area contributed by atoms with Crippen LogP contribution < -0.4 is 11.1 Å². The van der Waals surface area contributed by atoms with E-state index in [1.165, 1.54) is 11.1 Å². The van der Waals surface area contributed by atoms with Crippen LogP contribution in [0.4, 0.5) is 5.69 Å². The lowest BCUT2D eigenvalue weighted by Gasteiger charge is -2.16. The molecule has 98 valence electrons. The van der Waals surface area contributed by atoms with E-state index in [-0.39, 0.29) is 12.1 Å². The van der Waals surface area contributed by atoms with E-state index in [0.717, 1.165) is 17.7 Å². The summed E-state index contributed by atoms with van der Waals surface area (Å²) < 4.78 is 0. The monoisotopic (exact) mass is 273 g/mol. The molecule has 0 fully saturated rings. The third-order valence-corrected chi connectivity index (χ3v) is 3.87. The average molecular weight is 274 g/mol. The number of aromatic nitrogens is 1. The maximum absolute atomic E-state index is 6.17. The molecule has 3 N–H and O–H groups in total. The fraction of sp³-hybridized carbons (Fsp3) is 0.267. The van der Waals surface area contributed by atoms with Crippen molar-refractivity contribution in [1.82, 2.24) is 4.98 Å². The molecule has 0 aliphatic heterocycles. The van der Waals surface area contributed by atoms with Crippen molar-refractivity contribution in [2.24, 2.45) is 5.73 Å². The average Bonchev–Trinajstić information content (AvgIpc) is 2.72. The van der Waals surface area contributed by atoms with Crippen molar-refractivity contribution >= 4 is 17.3 Å². The predicted octanol–water partition coefficient (Wildman–Crippen LogP) is 3.60. The predicted molar refractivity (Wildman–Crippen MR) is 78.3 cm³/mol. The van der Waals surface area contributed by atoms with Gasteiger partial charge in [0.05, 0.1) is 11.7 Å². The number of hydrogen-bond acceptors (Lipinski definition) is 3. The van der Waals surface area contributed by atoms with Crippen LogP contribution in [-0.4, -0.2) is 4.98 Å². The van der Waals surface area contributed by atoms with Gasteiger partial charge in [0.15, 0.2) is 5.15 Å². The van der Waals surface area contributed by atoms with E-state index in [4.69, 9.17) is 17.3 Å². The molecule has 2 atom stereocenters. The summed E-state index contributed by atoms with van der Waals surface area (Å²) >= 11 is 6.13. The second kappa shape index (κ2) is 4.83. The highest BCUT2D eigenvalue weighted by Gasteiger charge is 2.28. The highest BCUT2D eigenvalue weighted by molar-refractivity contribution is 6.32. The van der Waals surface area contributed by atoms with Gasteiger partial charge in [-0.2, -0.15) is 0 Å². The fourth-order valence-corrected chi connectivity index (χ4v) is 2.81. The van der Waals surface area contributed by atoms with Crippen molar-refractivity contribution in [3.8, 4) is 0 Å². The molecule has 1 aliphatic rings. The Morgan fingerprint density at radius 1 is 1.32 bits per heavy atom. The van der Waals surface area contributed by atoms with Crippen LogP contribution >= 0.6 is 11.6 Å². The molecule has 1 aliphatic carbocycles. The molecule has 3 rings (SSSR count). The maximum Gasteiger partial charge on any atom is 0.152 e. The smallest absolute Gasteiger partial charge is 0.152 e. The zero-order valence-electron chi connectivity index (χ0n) is 10.7. The van der Waals surface area contributed by atoms with E-state index in [0.29, 0.717) is 5.15 Å². The molecule has 0 bridgehead atoms. The Kier molecular flexibility index (Phi) is 3.17. The van der Waals surface area contributed by atoms with Crippen LogP contribution in [0.5, 0.6) is 0 Å². The van der Waals surface area contributed by atoms with Crippen LogP contribution in [0.3, 0.4) is 0 Å². The van der Waals surface area contributed by atoms with E-state index >= 15 is 0 Å². The Morgan fingerprint density at radius 2 is 2.05 bits per heavy atom. The number of pyridine rings is 1. The Balaban J connectivity index is 1.91. The van der Waals surface area contributed by atoms with Gasteiger partial charge in [-0.05, 0) is 36.1 Å². The molecule has 2 unspecified atom stereocenters. The number of nitrogens with two attached hydrogens (primary N) is 1. The number of anilines is 1. The number of hydrogen-bond donors (Lipinski definition) is 2. The molecule has 0 saturated heterocycles. The van der Waals surface area contributed by atoms with Crippen molar-refractivity contribution in [3.63, 3.8) is 0 Å². The van der Waals surface area contributed by atoms with Crippen LogP contribution in [-0.2, 0) is 0 Å². The van der Waals surface area contributed by atoms with Gasteiger partial charge >= 0.3 is 0 Å². The first-order valence-electron chi connectivity index (χ1n) is 6.38. The van der Waals surface area contributed by atoms with Gasteiger partial charge in [0, 0.05) is 12.2 Å². The first kappa shape index (κ1) is 12.5. The number of nitrogens with zero attached hydrogens (tertiary/aromatic N) is 1. The van der Waals surface area contributed by atoms with E-state index in [1.807, 2.05) is 25.1 Å². The summed E-state index contributed by atoms with van der Waals surface area (Å²) in [7, 11) is 0. The van der Waals surface area contributed by atoms with Crippen LogP contribution in [0.2, 0.25) is 5.15 Å². The van der Waals surface area contributed by atoms with E-state index in [2.05, 4.69) is 22.4 Å². The third kappa shape index (κ3) is 2.31.